The molecular formula is C14H17BrF3N3O. The number of halogens is 4. The van der Waals surface area contributed by atoms with E-state index in [-0.39, 0.29) is 5.91 Å². The molecule has 0 spiro atoms. The fourth-order valence-electron chi connectivity index (χ4n) is 2.38. The van der Waals surface area contributed by atoms with Crippen LogP contribution in [0, 0.1) is 0 Å². The maximum absolute atomic E-state index is 12.5. The highest BCUT2D eigenvalue weighted by Gasteiger charge is 2.31. The molecule has 0 aromatic carbocycles. The number of anilines is 1. The monoisotopic (exact) mass is 379 g/mol. The quantitative estimate of drug-likeness (QED) is 0.757. The van der Waals surface area contributed by atoms with Crippen molar-refractivity contribution in [3.8, 4) is 0 Å². The van der Waals surface area contributed by atoms with Gasteiger partial charge >= 0.3 is 6.18 Å². The van der Waals surface area contributed by atoms with Crippen molar-refractivity contribution in [3.63, 3.8) is 0 Å². The van der Waals surface area contributed by atoms with Gasteiger partial charge < -0.3 is 9.80 Å². The summed E-state index contributed by atoms with van der Waals surface area (Å²) in [7, 11) is 0. The minimum atomic E-state index is -4.37. The first kappa shape index (κ1) is 17.1. The minimum absolute atomic E-state index is 0.0964. The predicted molar refractivity (Wildman–Crippen MR) is 81.1 cm³/mol. The van der Waals surface area contributed by atoms with Crippen molar-refractivity contribution in [2.24, 2.45) is 0 Å². The number of alkyl halides is 4. The molecule has 0 bridgehead atoms. The number of rotatable bonds is 3. The summed E-state index contributed by atoms with van der Waals surface area (Å²) in [5.41, 5.74) is -0.750. The maximum atomic E-state index is 12.5. The fourth-order valence-corrected chi connectivity index (χ4v) is 2.71. The number of nitrogens with zero attached hydrogens (tertiary/aromatic N) is 3. The molecule has 122 valence electrons. The standard InChI is InChI=1S/C14H17BrF3N3O/c15-5-4-13(22)21-7-1-6-20(8-9-21)12-3-2-11(10-19-12)14(16,17)18/h2-3,10H,1,4-9H2. The molecule has 0 atom stereocenters. The third-order valence-corrected chi connectivity index (χ3v) is 3.95. The lowest BCUT2D eigenvalue weighted by molar-refractivity contribution is -0.137. The molecule has 22 heavy (non-hydrogen) atoms. The lowest BCUT2D eigenvalue weighted by Crippen LogP contribution is -2.35. The molecule has 0 saturated carbocycles. The van der Waals surface area contributed by atoms with Crippen molar-refractivity contribution in [1.29, 1.82) is 0 Å². The molecule has 1 aromatic rings. The Balaban J connectivity index is 2.00. The van der Waals surface area contributed by atoms with Gasteiger partial charge in [0.05, 0.1) is 5.56 Å². The van der Waals surface area contributed by atoms with Gasteiger partial charge in [0.1, 0.15) is 5.82 Å². The van der Waals surface area contributed by atoms with Crippen LogP contribution < -0.4 is 4.90 Å². The van der Waals surface area contributed by atoms with Gasteiger partial charge in [0.2, 0.25) is 5.91 Å². The van der Waals surface area contributed by atoms with Crippen LogP contribution >= 0.6 is 15.9 Å². The van der Waals surface area contributed by atoms with Crippen LogP contribution in [0.1, 0.15) is 18.4 Å². The van der Waals surface area contributed by atoms with Crippen LogP contribution in [-0.2, 0) is 11.0 Å². The Morgan fingerprint density at radius 2 is 2.00 bits per heavy atom. The van der Waals surface area contributed by atoms with Gasteiger partial charge in [-0.15, -0.1) is 0 Å². The summed E-state index contributed by atoms with van der Waals surface area (Å²) in [6, 6.07) is 2.43. The first-order valence-electron chi connectivity index (χ1n) is 7.04. The number of amides is 1. The first-order chi connectivity index (χ1) is 10.4. The summed E-state index contributed by atoms with van der Waals surface area (Å²) in [5.74, 6) is 0.613. The highest BCUT2D eigenvalue weighted by atomic mass is 79.9. The SMILES string of the molecule is O=C(CCBr)N1CCCN(c2ccc(C(F)(F)F)cn2)CC1. The Kier molecular flexibility index (Phi) is 5.66. The van der Waals surface area contributed by atoms with Crippen LogP contribution in [0.5, 0.6) is 0 Å². The molecule has 1 aromatic heterocycles. The van der Waals surface area contributed by atoms with Gasteiger partial charge in [-0.3, -0.25) is 4.79 Å². The van der Waals surface area contributed by atoms with Gasteiger partial charge in [-0.25, -0.2) is 4.98 Å². The smallest absolute Gasteiger partial charge is 0.355 e. The molecule has 0 unspecified atom stereocenters. The van der Waals surface area contributed by atoms with E-state index in [0.29, 0.717) is 43.7 Å². The fraction of sp³-hybridized carbons (Fsp3) is 0.571. The summed E-state index contributed by atoms with van der Waals surface area (Å²) >= 11 is 3.25. The second kappa shape index (κ2) is 7.30. The Bertz CT molecular complexity index is 507. The zero-order valence-electron chi connectivity index (χ0n) is 11.9. The number of pyridine rings is 1. The lowest BCUT2D eigenvalue weighted by atomic mass is 10.2. The Labute approximate surface area is 135 Å². The van der Waals surface area contributed by atoms with Crippen molar-refractivity contribution in [1.82, 2.24) is 9.88 Å². The van der Waals surface area contributed by atoms with Crippen LogP contribution in [0.4, 0.5) is 19.0 Å². The van der Waals surface area contributed by atoms with Crippen molar-refractivity contribution >= 4 is 27.7 Å². The van der Waals surface area contributed by atoms with Gasteiger partial charge in [0, 0.05) is 44.1 Å². The van der Waals surface area contributed by atoms with Crippen LogP contribution in [0.15, 0.2) is 18.3 Å². The van der Waals surface area contributed by atoms with Crippen LogP contribution in [0.2, 0.25) is 0 Å². The summed E-state index contributed by atoms with van der Waals surface area (Å²) < 4.78 is 37.6. The Morgan fingerprint density at radius 3 is 2.59 bits per heavy atom. The molecule has 2 heterocycles. The first-order valence-corrected chi connectivity index (χ1v) is 8.16. The molecule has 1 aliphatic heterocycles. The number of hydrogen-bond donors (Lipinski definition) is 0. The normalized spacial score (nSPS) is 16.5. The second-order valence-corrected chi connectivity index (χ2v) is 5.86. The van der Waals surface area contributed by atoms with E-state index in [1.165, 1.54) is 6.07 Å². The third-order valence-electron chi connectivity index (χ3n) is 3.56. The molecule has 1 aliphatic rings. The number of aromatic nitrogens is 1. The number of hydrogen-bond acceptors (Lipinski definition) is 3. The second-order valence-electron chi connectivity index (χ2n) is 5.06. The minimum Gasteiger partial charge on any atom is -0.355 e. The summed E-state index contributed by atoms with van der Waals surface area (Å²) in [4.78, 5) is 19.5. The van der Waals surface area contributed by atoms with Gasteiger partial charge in [0.15, 0.2) is 0 Å². The summed E-state index contributed by atoms with van der Waals surface area (Å²) in [6.07, 6.45) is -2.29. The van der Waals surface area contributed by atoms with Gasteiger partial charge in [0.25, 0.3) is 0 Å². The number of carbonyl (C=O) groups is 1. The average Bonchev–Trinajstić information content (AvgIpc) is 2.73. The highest BCUT2D eigenvalue weighted by molar-refractivity contribution is 9.09. The van der Waals surface area contributed by atoms with Crippen LogP contribution in [0.25, 0.3) is 0 Å². The average molecular weight is 380 g/mol. The van der Waals surface area contributed by atoms with Crippen molar-refractivity contribution in [3.05, 3.63) is 23.9 Å². The van der Waals surface area contributed by atoms with E-state index in [1.807, 2.05) is 4.90 Å². The highest BCUT2D eigenvalue weighted by Crippen LogP contribution is 2.29. The number of carbonyl (C=O) groups excluding carboxylic acids is 1. The summed E-state index contributed by atoms with van der Waals surface area (Å²) in [5, 5.41) is 0.631. The van der Waals surface area contributed by atoms with E-state index in [0.717, 1.165) is 18.7 Å². The van der Waals surface area contributed by atoms with Crippen LogP contribution in [0.3, 0.4) is 0 Å². The van der Waals surface area contributed by atoms with Crippen molar-refractivity contribution in [2.45, 2.75) is 19.0 Å². The van der Waals surface area contributed by atoms with E-state index >= 15 is 0 Å². The van der Waals surface area contributed by atoms with E-state index in [1.54, 1.807) is 4.90 Å². The van der Waals surface area contributed by atoms with E-state index in [2.05, 4.69) is 20.9 Å². The molecule has 0 radical (unpaired) electrons. The Hall–Kier alpha value is -1.31. The largest absolute Gasteiger partial charge is 0.417 e. The van der Waals surface area contributed by atoms with E-state index < -0.39 is 11.7 Å². The molecule has 4 nitrogen and oxygen atoms in total. The molecule has 0 aliphatic carbocycles. The van der Waals surface area contributed by atoms with Gasteiger partial charge in [-0.1, -0.05) is 15.9 Å². The van der Waals surface area contributed by atoms with Gasteiger partial charge in [-0.2, -0.15) is 13.2 Å². The topological polar surface area (TPSA) is 36.4 Å². The molecular weight excluding hydrogens is 363 g/mol. The molecule has 1 amide bonds. The zero-order valence-corrected chi connectivity index (χ0v) is 13.5. The molecule has 1 saturated heterocycles. The lowest BCUT2D eigenvalue weighted by Gasteiger charge is -2.23. The summed E-state index contributed by atoms with van der Waals surface area (Å²) in [6.45, 7) is 2.49. The van der Waals surface area contributed by atoms with Crippen molar-refractivity contribution < 1.29 is 18.0 Å². The van der Waals surface area contributed by atoms with E-state index in [4.69, 9.17) is 0 Å². The van der Waals surface area contributed by atoms with Gasteiger partial charge in [-0.05, 0) is 18.6 Å². The molecule has 2 rings (SSSR count). The molecule has 8 heteroatoms. The van der Waals surface area contributed by atoms with E-state index in [9.17, 15) is 18.0 Å². The molecule has 1 fully saturated rings. The van der Waals surface area contributed by atoms with Crippen LogP contribution in [-0.4, -0.2) is 47.3 Å². The predicted octanol–water partition coefficient (Wildman–Crippen LogP) is 2.92. The molecule has 0 N–H and O–H groups in total. The third kappa shape index (κ3) is 4.34. The zero-order chi connectivity index (χ0) is 16.2. The van der Waals surface area contributed by atoms with Crippen molar-refractivity contribution in [2.75, 3.05) is 36.4 Å². The maximum Gasteiger partial charge on any atom is 0.417 e. The Morgan fingerprint density at radius 1 is 1.23 bits per heavy atom.